The van der Waals surface area contributed by atoms with Gasteiger partial charge in [-0.15, -0.1) is 0 Å². The summed E-state index contributed by atoms with van der Waals surface area (Å²) < 4.78 is 5.70. The third kappa shape index (κ3) is 6.93. The van der Waals surface area contributed by atoms with Gasteiger partial charge in [0.15, 0.2) is 0 Å². The fraction of sp³-hybridized carbons (Fsp3) is 0.583. The summed E-state index contributed by atoms with van der Waals surface area (Å²) in [5.74, 6) is -1.34. The highest BCUT2D eigenvalue weighted by Gasteiger charge is 2.30. The number of likely N-dealkylation sites (tertiary alicyclic amines) is 1. The van der Waals surface area contributed by atoms with Crippen LogP contribution in [0.4, 0.5) is 0 Å². The molecule has 2 atom stereocenters. The van der Waals surface area contributed by atoms with Crippen molar-refractivity contribution in [3.8, 4) is 5.75 Å². The number of carbonyl (C=O) groups excluding carboxylic acids is 4. The Bertz CT molecular complexity index is 886. The first kappa shape index (κ1) is 25.5. The van der Waals surface area contributed by atoms with E-state index in [4.69, 9.17) is 4.74 Å². The van der Waals surface area contributed by atoms with Crippen LogP contribution < -0.4 is 20.7 Å². The van der Waals surface area contributed by atoms with E-state index in [1.165, 1.54) is 18.4 Å². The zero-order valence-electron chi connectivity index (χ0n) is 20.0. The lowest BCUT2D eigenvalue weighted by Crippen LogP contribution is -2.53. The van der Waals surface area contributed by atoms with Crippen molar-refractivity contribution in [3.63, 3.8) is 0 Å². The van der Waals surface area contributed by atoms with Crippen molar-refractivity contribution in [2.45, 2.75) is 44.7 Å². The molecule has 1 fully saturated rings. The smallest absolute Gasteiger partial charge is 0.255 e. The Kier molecular flexibility index (Phi) is 9.26. The molecule has 2 heterocycles. The first-order chi connectivity index (χ1) is 16.4. The number of fused-ring (bicyclic) bond motifs is 1. The van der Waals surface area contributed by atoms with Gasteiger partial charge in [-0.2, -0.15) is 0 Å². The minimum atomic E-state index is -1.09. The number of hydrogen-bond acceptors (Lipinski definition) is 6. The molecule has 2 aliphatic rings. The number of piperidine rings is 1. The Morgan fingerprint density at radius 2 is 1.88 bits per heavy atom. The molecule has 34 heavy (non-hydrogen) atoms. The number of likely N-dealkylation sites (N-methyl/N-ethyl adjacent to an activating group) is 1. The molecule has 0 aliphatic carbocycles. The van der Waals surface area contributed by atoms with Crippen molar-refractivity contribution in [1.82, 2.24) is 25.8 Å². The van der Waals surface area contributed by atoms with Gasteiger partial charge in [0.1, 0.15) is 24.4 Å². The standard InChI is InChI=1S/C24H35N5O5/c1-17-22(31)26-11-15-34-20-9-5-4-8-18(20)23(32)27-19(16-21(30)28(17)2)24(33)25-10-14-29-12-6-3-7-13-29/h4-5,8-9,17,19H,3,6-7,10-16H2,1-2H3,(H,25,33)(H,26,31)(H,27,32)/t17-,19-/m0/s1. The van der Waals surface area contributed by atoms with Crippen LogP contribution in [0.2, 0.25) is 0 Å². The van der Waals surface area contributed by atoms with Gasteiger partial charge in [0.2, 0.25) is 17.7 Å². The maximum atomic E-state index is 13.0. The number of amides is 4. The topological polar surface area (TPSA) is 120 Å². The predicted octanol–water partition coefficient (Wildman–Crippen LogP) is 0.133. The second-order valence-corrected chi connectivity index (χ2v) is 8.74. The summed E-state index contributed by atoms with van der Waals surface area (Å²) in [5.41, 5.74) is 0.256. The lowest BCUT2D eigenvalue weighted by Gasteiger charge is -2.28. The van der Waals surface area contributed by atoms with Crippen molar-refractivity contribution < 1.29 is 23.9 Å². The average Bonchev–Trinajstić information content (AvgIpc) is 2.85. The maximum absolute atomic E-state index is 13.0. The molecule has 10 nitrogen and oxygen atoms in total. The fourth-order valence-corrected chi connectivity index (χ4v) is 4.06. The number of carbonyl (C=O) groups is 4. The van der Waals surface area contributed by atoms with E-state index in [2.05, 4.69) is 20.9 Å². The van der Waals surface area contributed by atoms with Crippen LogP contribution >= 0.6 is 0 Å². The van der Waals surface area contributed by atoms with E-state index in [1.807, 2.05) is 0 Å². The van der Waals surface area contributed by atoms with E-state index in [0.29, 0.717) is 18.8 Å². The summed E-state index contributed by atoms with van der Waals surface area (Å²) in [6.07, 6.45) is 3.27. The van der Waals surface area contributed by atoms with Crippen molar-refractivity contribution in [1.29, 1.82) is 0 Å². The first-order valence-electron chi connectivity index (χ1n) is 11.9. The molecule has 10 heteroatoms. The van der Waals surface area contributed by atoms with Crippen molar-refractivity contribution in [3.05, 3.63) is 29.8 Å². The Labute approximate surface area is 200 Å². The molecular formula is C24H35N5O5. The van der Waals surface area contributed by atoms with E-state index in [1.54, 1.807) is 31.2 Å². The Hall–Kier alpha value is -3.14. The maximum Gasteiger partial charge on any atom is 0.255 e. The molecule has 0 unspecified atom stereocenters. The number of rotatable bonds is 4. The van der Waals surface area contributed by atoms with Crippen molar-refractivity contribution in [2.24, 2.45) is 0 Å². The molecule has 0 spiro atoms. The summed E-state index contributed by atoms with van der Waals surface area (Å²) >= 11 is 0. The largest absolute Gasteiger partial charge is 0.491 e. The van der Waals surface area contributed by atoms with E-state index in [-0.39, 0.29) is 31.0 Å². The molecule has 186 valence electrons. The molecule has 1 saturated heterocycles. The second-order valence-electron chi connectivity index (χ2n) is 8.74. The van der Waals surface area contributed by atoms with E-state index in [0.717, 1.165) is 25.9 Å². The van der Waals surface area contributed by atoms with Gasteiger partial charge in [0.25, 0.3) is 5.91 Å². The minimum Gasteiger partial charge on any atom is -0.491 e. The SMILES string of the molecule is C[C@H]1C(=O)NCCOc2ccccc2C(=O)N[C@H](C(=O)NCCN2CCCCC2)CC(=O)N1C. The highest BCUT2D eigenvalue weighted by molar-refractivity contribution is 6.01. The minimum absolute atomic E-state index is 0.154. The van der Waals surface area contributed by atoms with Crippen LogP contribution in [-0.4, -0.2) is 91.9 Å². The zero-order chi connectivity index (χ0) is 24.5. The predicted molar refractivity (Wildman–Crippen MR) is 126 cm³/mol. The molecule has 1 aromatic carbocycles. The Balaban J connectivity index is 1.75. The van der Waals surface area contributed by atoms with E-state index in [9.17, 15) is 19.2 Å². The van der Waals surface area contributed by atoms with Crippen LogP contribution in [0.3, 0.4) is 0 Å². The van der Waals surface area contributed by atoms with Gasteiger partial charge in [-0.25, -0.2) is 0 Å². The van der Waals surface area contributed by atoms with E-state index < -0.39 is 29.8 Å². The summed E-state index contributed by atoms with van der Waals surface area (Å²) in [5, 5.41) is 8.29. The Morgan fingerprint density at radius 3 is 2.65 bits per heavy atom. The molecule has 3 N–H and O–H groups in total. The van der Waals surface area contributed by atoms with E-state index >= 15 is 0 Å². The van der Waals surface area contributed by atoms with Gasteiger partial charge >= 0.3 is 0 Å². The number of ether oxygens (including phenoxy) is 1. The van der Waals surface area contributed by atoms with Crippen molar-refractivity contribution >= 4 is 23.6 Å². The molecule has 2 aliphatic heterocycles. The third-order valence-electron chi connectivity index (χ3n) is 6.32. The summed E-state index contributed by atoms with van der Waals surface area (Å²) in [6, 6.07) is 4.85. The van der Waals surface area contributed by atoms with Gasteiger partial charge < -0.3 is 30.5 Å². The number of nitrogens with zero attached hydrogens (tertiary/aromatic N) is 2. The quantitative estimate of drug-likeness (QED) is 0.572. The zero-order valence-corrected chi connectivity index (χ0v) is 20.0. The molecule has 0 saturated carbocycles. The highest BCUT2D eigenvalue weighted by atomic mass is 16.5. The molecule has 1 aromatic rings. The molecule has 4 amide bonds. The first-order valence-corrected chi connectivity index (χ1v) is 11.9. The van der Waals surface area contributed by atoms with Crippen LogP contribution in [0.25, 0.3) is 0 Å². The molecule has 0 radical (unpaired) electrons. The second kappa shape index (κ2) is 12.4. The number of para-hydroxylation sites is 1. The molecular weight excluding hydrogens is 438 g/mol. The summed E-state index contributed by atoms with van der Waals surface area (Å²) in [7, 11) is 1.51. The van der Waals surface area contributed by atoms with Gasteiger partial charge in [-0.05, 0) is 45.0 Å². The van der Waals surface area contributed by atoms with Gasteiger partial charge in [0, 0.05) is 20.1 Å². The lowest BCUT2D eigenvalue weighted by molar-refractivity contribution is -0.139. The van der Waals surface area contributed by atoms with Gasteiger partial charge in [-0.3, -0.25) is 19.2 Å². The monoisotopic (exact) mass is 473 g/mol. The van der Waals surface area contributed by atoms with Crippen LogP contribution in [0.15, 0.2) is 24.3 Å². The fourth-order valence-electron chi connectivity index (χ4n) is 4.06. The van der Waals surface area contributed by atoms with Gasteiger partial charge in [0.05, 0.1) is 18.5 Å². The van der Waals surface area contributed by atoms with Crippen molar-refractivity contribution in [2.75, 3.05) is 46.4 Å². The highest BCUT2D eigenvalue weighted by Crippen LogP contribution is 2.18. The normalized spacial score (nSPS) is 23.1. The Morgan fingerprint density at radius 1 is 1.15 bits per heavy atom. The lowest BCUT2D eigenvalue weighted by atomic mass is 10.1. The van der Waals surface area contributed by atoms with Gasteiger partial charge in [-0.1, -0.05) is 18.6 Å². The number of hydrogen-bond donors (Lipinski definition) is 3. The summed E-state index contributed by atoms with van der Waals surface area (Å²) in [4.78, 5) is 55.0. The number of nitrogens with one attached hydrogen (secondary N) is 3. The molecule has 0 bridgehead atoms. The molecule has 0 aromatic heterocycles. The van der Waals surface area contributed by atoms with Crippen LogP contribution in [0, 0.1) is 0 Å². The van der Waals surface area contributed by atoms with Crippen LogP contribution in [0.5, 0.6) is 5.75 Å². The molecule has 3 rings (SSSR count). The number of benzene rings is 1. The average molecular weight is 474 g/mol. The summed E-state index contributed by atoms with van der Waals surface area (Å²) in [6.45, 7) is 5.15. The van der Waals surface area contributed by atoms with Crippen LogP contribution in [-0.2, 0) is 14.4 Å². The van der Waals surface area contributed by atoms with Crippen LogP contribution in [0.1, 0.15) is 43.0 Å². The third-order valence-corrected chi connectivity index (χ3v) is 6.32.